The van der Waals surface area contributed by atoms with Crippen LogP contribution in [0.4, 0.5) is 5.69 Å². The number of hydrogen-bond donors (Lipinski definition) is 1. The van der Waals surface area contributed by atoms with Gasteiger partial charge in [-0.15, -0.1) is 0 Å². The van der Waals surface area contributed by atoms with Crippen molar-refractivity contribution in [2.45, 2.75) is 25.3 Å². The minimum Gasteiger partial charge on any atom is -0.378 e. The lowest BCUT2D eigenvalue weighted by atomic mass is 9.76. The van der Waals surface area contributed by atoms with Gasteiger partial charge in [-0.05, 0) is 60.7 Å². The van der Waals surface area contributed by atoms with Crippen LogP contribution in [0.15, 0.2) is 59.1 Å². The van der Waals surface area contributed by atoms with Crippen molar-refractivity contribution in [3.63, 3.8) is 0 Å². The second-order valence-corrected chi connectivity index (χ2v) is 7.30. The number of carbonyl (C=O) groups is 1. The Bertz CT molecular complexity index is 811. The van der Waals surface area contributed by atoms with Gasteiger partial charge >= 0.3 is 0 Å². The van der Waals surface area contributed by atoms with E-state index in [1.807, 2.05) is 6.07 Å². The molecule has 1 heterocycles. The second-order valence-electron chi connectivity index (χ2n) is 6.39. The van der Waals surface area contributed by atoms with Crippen molar-refractivity contribution in [1.82, 2.24) is 0 Å². The minimum absolute atomic E-state index is 0.125. The van der Waals surface area contributed by atoms with Crippen molar-refractivity contribution >= 4 is 27.4 Å². The van der Waals surface area contributed by atoms with Crippen molar-refractivity contribution in [3.05, 3.63) is 75.8 Å². The summed E-state index contributed by atoms with van der Waals surface area (Å²) in [6.45, 7) is 1.63. The fourth-order valence-electron chi connectivity index (χ4n) is 3.84. The number of halogens is 1. The van der Waals surface area contributed by atoms with Crippen molar-refractivity contribution in [3.8, 4) is 0 Å². The van der Waals surface area contributed by atoms with Gasteiger partial charge in [0.15, 0.2) is 5.78 Å². The van der Waals surface area contributed by atoms with Gasteiger partial charge in [0, 0.05) is 21.6 Å². The van der Waals surface area contributed by atoms with Crippen LogP contribution < -0.4 is 5.32 Å². The lowest BCUT2D eigenvalue weighted by molar-refractivity contribution is 0.101. The van der Waals surface area contributed by atoms with Crippen molar-refractivity contribution in [1.29, 1.82) is 0 Å². The van der Waals surface area contributed by atoms with E-state index >= 15 is 0 Å². The molecule has 2 aliphatic rings. The van der Waals surface area contributed by atoms with E-state index in [-0.39, 0.29) is 5.78 Å². The molecule has 1 aliphatic carbocycles. The first kappa shape index (κ1) is 14.7. The molecular formula is C20H18BrNO. The summed E-state index contributed by atoms with van der Waals surface area (Å²) in [5.74, 6) is 1.01. The summed E-state index contributed by atoms with van der Waals surface area (Å²) in [4.78, 5) is 11.7. The molecule has 0 amide bonds. The van der Waals surface area contributed by atoms with Crippen LogP contribution in [0.1, 0.15) is 46.8 Å². The summed E-state index contributed by atoms with van der Waals surface area (Å²) < 4.78 is 1.11. The molecule has 0 spiro atoms. The van der Waals surface area contributed by atoms with Crippen LogP contribution >= 0.6 is 15.9 Å². The highest BCUT2D eigenvalue weighted by molar-refractivity contribution is 9.10. The molecule has 0 fully saturated rings. The Balaban J connectivity index is 1.79. The molecule has 0 aromatic heterocycles. The highest BCUT2D eigenvalue weighted by Gasteiger charge is 2.38. The number of Topliss-reactive ketones (excluding diaryl/α,β-unsaturated/α-hetero) is 1. The predicted molar refractivity (Wildman–Crippen MR) is 96.9 cm³/mol. The number of nitrogens with one attached hydrogen (secondary N) is 1. The average Bonchev–Trinajstić information content (AvgIpc) is 3.03. The maximum absolute atomic E-state index is 11.7. The van der Waals surface area contributed by atoms with Crippen molar-refractivity contribution in [2.24, 2.45) is 5.92 Å². The summed E-state index contributed by atoms with van der Waals surface area (Å²) >= 11 is 3.58. The Morgan fingerprint density at radius 3 is 2.87 bits per heavy atom. The van der Waals surface area contributed by atoms with Gasteiger partial charge in [0.05, 0.1) is 6.04 Å². The van der Waals surface area contributed by atoms with Gasteiger partial charge < -0.3 is 5.32 Å². The fourth-order valence-corrected chi connectivity index (χ4v) is 4.26. The lowest BCUT2D eigenvalue weighted by Crippen LogP contribution is -2.29. The molecule has 0 saturated heterocycles. The van der Waals surface area contributed by atoms with E-state index in [0.29, 0.717) is 17.9 Å². The summed E-state index contributed by atoms with van der Waals surface area (Å²) in [5, 5.41) is 3.71. The zero-order valence-electron chi connectivity index (χ0n) is 12.9. The third-order valence-corrected chi connectivity index (χ3v) is 5.47. The van der Waals surface area contributed by atoms with E-state index in [1.54, 1.807) is 6.92 Å². The van der Waals surface area contributed by atoms with Gasteiger partial charge in [0.1, 0.15) is 0 Å². The quantitative estimate of drug-likeness (QED) is 0.562. The molecule has 0 saturated carbocycles. The van der Waals surface area contributed by atoms with Crippen LogP contribution in [0.25, 0.3) is 0 Å². The molecule has 1 N–H and O–H groups in total. The number of ketones is 1. The number of rotatable bonds is 2. The molecule has 3 atom stereocenters. The number of fused-ring (bicyclic) bond motifs is 3. The van der Waals surface area contributed by atoms with E-state index in [9.17, 15) is 4.79 Å². The number of hydrogen-bond acceptors (Lipinski definition) is 2. The van der Waals surface area contributed by atoms with Gasteiger partial charge in [0.25, 0.3) is 0 Å². The third kappa shape index (κ3) is 2.53. The van der Waals surface area contributed by atoms with E-state index in [2.05, 4.69) is 69.8 Å². The number of benzene rings is 2. The van der Waals surface area contributed by atoms with Crippen molar-refractivity contribution in [2.75, 3.05) is 5.32 Å². The summed E-state index contributed by atoms with van der Waals surface area (Å²) in [6.07, 6.45) is 5.65. The van der Waals surface area contributed by atoms with Crippen LogP contribution in [0.2, 0.25) is 0 Å². The first-order valence-corrected chi connectivity index (χ1v) is 8.76. The maximum Gasteiger partial charge on any atom is 0.159 e. The maximum atomic E-state index is 11.7. The van der Waals surface area contributed by atoms with Gasteiger partial charge in [-0.25, -0.2) is 0 Å². The Hall–Kier alpha value is -1.87. The smallest absolute Gasteiger partial charge is 0.159 e. The molecule has 2 aromatic rings. The van der Waals surface area contributed by atoms with E-state index in [0.717, 1.165) is 22.1 Å². The van der Waals surface area contributed by atoms with Gasteiger partial charge in [-0.3, -0.25) is 4.79 Å². The zero-order valence-corrected chi connectivity index (χ0v) is 14.5. The van der Waals surface area contributed by atoms with Crippen LogP contribution in [-0.2, 0) is 0 Å². The van der Waals surface area contributed by atoms with Crippen LogP contribution in [0.3, 0.4) is 0 Å². The van der Waals surface area contributed by atoms with Gasteiger partial charge in [0.2, 0.25) is 0 Å². The molecule has 0 bridgehead atoms. The van der Waals surface area contributed by atoms with E-state index in [1.165, 1.54) is 11.1 Å². The SMILES string of the molecule is CC(=O)c1ccc2c(c1)C1C=CCC1C(c1cccc(Br)c1)N2. The second kappa shape index (κ2) is 5.64. The van der Waals surface area contributed by atoms with E-state index < -0.39 is 0 Å². The first-order chi connectivity index (χ1) is 11.1. The number of carbonyl (C=O) groups excluding carboxylic acids is 1. The Morgan fingerprint density at radius 1 is 1.22 bits per heavy atom. The highest BCUT2D eigenvalue weighted by atomic mass is 79.9. The summed E-state index contributed by atoms with van der Waals surface area (Å²) in [5.41, 5.74) is 4.50. The van der Waals surface area contributed by atoms with Crippen molar-refractivity contribution < 1.29 is 4.79 Å². The molecule has 116 valence electrons. The topological polar surface area (TPSA) is 29.1 Å². The molecule has 1 aliphatic heterocycles. The molecule has 23 heavy (non-hydrogen) atoms. The van der Waals surface area contributed by atoms with Crippen LogP contribution in [0.5, 0.6) is 0 Å². The highest BCUT2D eigenvalue weighted by Crippen LogP contribution is 2.50. The summed E-state index contributed by atoms with van der Waals surface area (Å²) in [7, 11) is 0. The normalized spacial score (nSPS) is 24.7. The number of anilines is 1. The zero-order chi connectivity index (χ0) is 16.0. The molecule has 3 heteroatoms. The lowest BCUT2D eigenvalue weighted by Gasteiger charge is -2.37. The third-order valence-electron chi connectivity index (χ3n) is 4.98. The molecule has 4 rings (SSSR count). The van der Waals surface area contributed by atoms with Crippen LogP contribution in [0, 0.1) is 5.92 Å². The number of allylic oxidation sites excluding steroid dienone is 2. The Morgan fingerprint density at radius 2 is 2.09 bits per heavy atom. The molecule has 3 unspecified atom stereocenters. The molecule has 2 aromatic carbocycles. The van der Waals surface area contributed by atoms with E-state index in [4.69, 9.17) is 0 Å². The average molecular weight is 368 g/mol. The first-order valence-electron chi connectivity index (χ1n) is 7.97. The van der Waals surface area contributed by atoms with Gasteiger partial charge in [-0.2, -0.15) is 0 Å². The largest absolute Gasteiger partial charge is 0.378 e. The molecule has 2 nitrogen and oxygen atoms in total. The monoisotopic (exact) mass is 367 g/mol. The molecular weight excluding hydrogens is 350 g/mol. The molecule has 0 radical (unpaired) electrons. The Kier molecular flexibility index (Phi) is 3.61. The summed E-state index contributed by atoms with van der Waals surface area (Å²) in [6, 6.07) is 14.9. The predicted octanol–water partition coefficient (Wildman–Crippen LogP) is 5.48. The van der Waals surface area contributed by atoms with Gasteiger partial charge in [-0.1, -0.05) is 40.2 Å². The standard InChI is InChI=1S/C20H18BrNO/c1-12(23)13-8-9-19-18(11-13)16-6-3-7-17(16)20(22-19)14-4-2-5-15(21)10-14/h2-6,8-11,16-17,20,22H,7H2,1H3. The minimum atomic E-state index is 0.125. The van der Waals surface area contributed by atoms with Crippen LogP contribution in [-0.4, -0.2) is 5.78 Å². The Labute approximate surface area is 144 Å². The fraction of sp³-hybridized carbons (Fsp3) is 0.250.